The molecular weight excluding hydrogens is 238 g/mol. The first kappa shape index (κ1) is 11.5. The molecule has 1 heterocycles. The van der Waals surface area contributed by atoms with Crippen molar-refractivity contribution in [3.8, 4) is 0 Å². The summed E-state index contributed by atoms with van der Waals surface area (Å²) in [6.45, 7) is 3.45. The summed E-state index contributed by atoms with van der Waals surface area (Å²) in [5, 5.41) is 2.72. The van der Waals surface area contributed by atoms with Crippen LogP contribution in [0.25, 0.3) is 0 Å². The van der Waals surface area contributed by atoms with E-state index >= 15 is 0 Å². The minimum absolute atomic E-state index is 0.645. The summed E-state index contributed by atoms with van der Waals surface area (Å²) >= 11 is 1.99. The van der Waals surface area contributed by atoms with Gasteiger partial charge in [0.2, 0.25) is 0 Å². The fraction of sp³-hybridized carbons (Fsp3) is 0.750. The van der Waals surface area contributed by atoms with Crippen molar-refractivity contribution in [2.75, 3.05) is 0 Å². The first-order valence-electron chi connectivity index (χ1n) is 7.60. The van der Waals surface area contributed by atoms with Crippen molar-refractivity contribution in [2.45, 2.75) is 57.5 Å². The Labute approximate surface area is 114 Å². The molecule has 1 nitrogen and oxygen atoms in total. The van der Waals surface area contributed by atoms with Crippen molar-refractivity contribution >= 4 is 11.3 Å². The van der Waals surface area contributed by atoms with E-state index in [1.54, 1.807) is 24.1 Å². The summed E-state index contributed by atoms with van der Waals surface area (Å²) in [7, 11) is 0. The normalized spacial score (nSPS) is 41.5. The summed E-state index contributed by atoms with van der Waals surface area (Å²) < 4.78 is 0. The zero-order valence-electron chi connectivity index (χ0n) is 11.3. The van der Waals surface area contributed by atoms with E-state index < -0.39 is 0 Å². The Bertz CT molecular complexity index is 412. The van der Waals surface area contributed by atoms with Crippen LogP contribution in [0.15, 0.2) is 12.1 Å². The van der Waals surface area contributed by atoms with Crippen molar-refractivity contribution in [1.82, 2.24) is 0 Å². The quantitative estimate of drug-likeness (QED) is 0.862. The Hall–Kier alpha value is -0.340. The maximum atomic E-state index is 2.72. The average Bonchev–Trinajstić information content (AvgIpc) is 2.71. The van der Waals surface area contributed by atoms with Gasteiger partial charge in [0.1, 0.15) is 6.54 Å². The average molecular weight is 262 g/mol. The smallest absolute Gasteiger partial charge is 0.111 e. The lowest BCUT2D eigenvalue weighted by Crippen LogP contribution is -2.97. The van der Waals surface area contributed by atoms with Gasteiger partial charge in [-0.2, -0.15) is 0 Å². The number of hydrogen-bond acceptors (Lipinski definition) is 1. The molecule has 98 valence electrons. The van der Waals surface area contributed by atoms with Crippen molar-refractivity contribution in [3.05, 3.63) is 21.9 Å². The largest absolute Gasteiger partial charge is 0.337 e. The molecule has 4 aliphatic rings. The molecule has 5 rings (SSSR count). The number of hydrogen-bond donors (Lipinski definition) is 1. The SMILES string of the molecule is Cc1ccc(C[NH2+]C23CC4CC(CC(C4)C2)C3)s1. The molecule has 2 N–H and O–H groups in total. The predicted molar refractivity (Wildman–Crippen MR) is 75.6 cm³/mol. The second-order valence-corrected chi connectivity index (χ2v) is 8.57. The Morgan fingerprint density at radius 2 is 1.72 bits per heavy atom. The van der Waals surface area contributed by atoms with Crippen LogP contribution in [-0.2, 0) is 6.54 Å². The lowest BCUT2D eigenvalue weighted by molar-refractivity contribution is -0.752. The Morgan fingerprint density at radius 1 is 1.11 bits per heavy atom. The minimum Gasteiger partial charge on any atom is -0.337 e. The maximum Gasteiger partial charge on any atom is 0.111 e. The number of nitrogens with two attached hydrogens (primary N) is 1. The van der Waals surface area contributed by atoms with Gasteiger partial charge in [-0.1, -0.05) is 0 Å². The van der Waals surface area contributed by atoms with E-state index in [0.29, 0.717) is 5.54 Å². The van der Waals surface area contributed by atoms with E-state index in [1.807, 2.05) is 11.3 Å². The third kappa shape index (κ3) is 1.94. The highest BCUT2D eigenvalue weighted by Crippen LogP contribution is 2.54. The molecule has 1 aromatic heterocycles. The highest BCUT2D eigenvalue weighted by molar-refractivity contribution is 7.11. The van der Waals surface area contributed by atoms with Crippen LogP contribution in [0, 0.1) is 24.7 Å². The molecule has 4 bridgehead atoms. The van der Waals surface area contributed by atoms with Gasteiger partial charge in [-0.3, -0.25) is 0 Å². The Kier molecular flexibility index (Phi) is 2.60. The maximum absolute atomic E-state index is 2.72. The third-order valence-corrected chi connectivity index (χ3v) is 6.64. The second-order valence-electron chi connectivity index (χ2n) is 7.20. The van der Waals surface area contributed by atoms with Crippen LogP contribution in [-0.4, -0.2) is 5.54 Å². The predicted octanol–water partition coefficient (Wildman–Crippen LogP) is 3.09. The third-order valence-electron chi connectivity index (χ3n) is 5.62. The molecule has 4 saturated carbocycles. The first-order valence-corrected chi connectivity index (χ1v) is 8.42. The van der Waals surface area contributed by atoms with Crippen LogP contribution < -0.4 is 5.32 Å². The fourth-order valence-electron chi connectivity index (χ4n) is 5.34. The first-order chi connectivity index (χ1) is 8.71. The molecule has 1 aromatic rings. The number of rotatable bonds is 3. The van der Waals surface area contributed by atoms with Crippen LogP contribution in [0.4, 0.5) is 0 Å². The summed E-state index contributed by atoms with van der Waals surface area (Å²) in [5.74, 6) is 3.24. The molecule has 0 unspecified atom stereocenters. The number of aryl methyl sites for hydroxylation is 1. The van der Waals surface area contributed by atoms with Gasteiger partial charge < -0.3 is 5.32 Å². The van der Waals surface area contributed by atoms with E-state index in [9.17, 15) is 0 Å². The molecule has 0 aromatic carbocycles. The van der Waals surface area contributed by atoms with Crippen LogP contribution in [0.3, 0.4) is 0 Å². The zero-order chi connectivity index (χ0) is 12.2. The van der Waals surface area contributed by atoms with E-state index in [2.05, 4.69) is 24.4 Å². The molecule has 0 aliphatic heterocycles. The van der Waals surface area contributed by atoms with Crippen molar-refractivity contribution in [2.24, 2.45) is 17.8 Å². The van der Waals surface area contributed by atoms with Gasteiger partial charge in [0, 0.05) is 24.1 Å². The number of quaternary nitrogens is 1. The molecule has 4 fully saturated rings. The van der Waals surface area contributed by atoms with Gasteiger partial charge in [-0.25, -0.2) is 0 Å². The van der Waals surface area contributed by atoms with Crippen LogP contribution >= 0.6 is 11.3 Å². The van der Waals surface area contributed by atoms with Crippen LogP contribution in [0.5, 0.6) is 0 Å². The second kappa shape index (κ2) is 4.08. The van der Waals surface area contributed by atoms with Gasteiger partial charge in [-0.05, 0) is 56.1 Å². The van der Waals surface area contributed by atoms with Gasteiger partial charge in [-0.15, -0.1) is 11.3 Å². The molecule has 4 aliphatic carbocycles. The molecule has 0 atom stereocenters. The topological polar surface area (TPSA) is 16.6 Å². The van der Waals surface area contributed by atoms with Gasteiger partial charge in [0.15, 0.2) is 0 Å². The molecular formula is C16H24NS+. The van der Waals surface area contributed by atoms with Crippen molar-refractivity contribution in [1.29, 1.82) is 0 Å². The van der Waals surface area contributed by atoms with Gasteiger partial charge in [0.05, 0.1) is 10.4 Å². The van der Waals surface area contributed by atoms with E-state index in [4.69, 9.17) is 0 Å². The highest BCUT2D eigenvalue weighted by Gasteiger charge is 2.53. The monoisotopic (exact) mass is 262 g/mol. The number of thiophene rings is 1. The summed E-state index contributed by atoms with van der Waals surface area (Å²) in [6.07, 6.45) is 9.23. The molecule has 0 amide bonds. The minimum atomic E-state index is 0.645. The van der Waals surface area contributed by atoms with Crippen molar-refractivity contribution < 1.29 is 5.32 Å². The van der Waals surface area contributed by atoms with Crippen LogP contribution in [0.1, 0.15) is 48.3 Å². The molecule has 0 saturated heterocycles. The summed E-state index contributed by atoms with van der Waals surface area (Å²) in [6, 6.07) is 4.60. The molecule has 0 spiro atoms. The molecule has 18 heavy (non-hydrogen) atoms. The van der Waals surface area contributed by atoms with Gasteiger partial charge >= 0.3 is 0 Å². The van der Waals surface area contributed by atoms with E-state index in [1.165, 1.54) is 30.7 Å². The lowest BCUT2D eigenvalue weighted by Gasteiger charge is -2.54. The summed E-state index contributed by atoms with van der Waals surface area (Å²) in [5.41, 5.74) is 0.645. The standard InChI is InChI=1S/C16H23NS/c1-11-2-3-15(18-11)10-17-16-7-12-4-13(8-16)6-14(5-12)9-16/h2-3,12-14,17H,4-10H2,1H3/p+1. The molecule has 0 radical (unpaired) electrons. The van der Waals surface area contributed by atoms with Crippen molar-refractivity contribution in [3.63, 3.8) is 0 Å². The Morgan fingerprint density at radius 3 is 2.22 bits per heavy atom. The van der Waals surface area contributed by atoms with Gasteiger partial charge in [0.25, 0.3) is 0 Å². The Balaban J connectivity index is 1.47. The van der Waals surface area contributed by atoms with E-state index in [0.717, 1.165) is 17.8 Å². The molecule has 2 heteroatoms. The lowest BCUT2D eigenvalue weighted by atomic mass is 9.53. The highest BCUT2D eigenvalue weighted by atomic mass is 32.1. The van der Waals surface area contributed by atoms with Crippen LogP contribution in [0.2, 0.25) is 0 Å². The zero-order valence-corrected chi connectivity index (χ0v) is 12.1. The summed E-state index contributed by atoms with van der Waals surface area (Å²) in [4.78, 5) is 3.03. The fourth-order valence-corrected chi connectivity index (χ4v) is 6.19. The van der Waals surface area contributed by atoms with E-state index in [-0.39, 0.29) is 0 Å².